The molecule has 222 valence electrons. The zero-order chi connectivity index (χ0) is 30.4. The van der Waals surface area contributed by atoms with Crippen LogP contribution < -0.4 is 15.0 Å². The summed E-state index contributed by atoms with van der Waals surface area (Å²) in [5.41, 5.74) is 1.71. The molecular formula is C32H32ClFN6O3. The van der Waals surface area contributed by atoms with Crippen LogP contribution in [-0.2, 0) is 4.74 Å². The van der Waals surface area contributed by atoms with Gasteiger partial charge in [-0.25, -0.2) is 14.2 Å². The van der Waals surface area contributed by atoms with Gasteiger partial charge in [-0.2, -0.15) is 10.2 Å². The standard InChI is InChI=1S/C32H32ClFN6O3/c1-32(2,3)43-31(41)36-18-23-8-7-15-40(23)30-21(11-12-28(29(30)33)42-24-9-5-4-6-10-24)16-25(34)27-20-35-19-26(39-27)22-13-14-37-38-17-22/h4-6,9-14,16-17,19-20,23H,7-8,15,18H2,1-3H3,(H,36,41)/b25-16-/t23-/m1/s1. The average molecular weight is 603 g/mol. The Bertz CT molecular complexity index is 1600. The van der Waals surface area contributed by atoms with Crippen LogP contribution in [0.15, 0.2) is 73.3 Å². The van der Waals surface area contributed by atoms with Gasteiger partial charge in [0.2, 0.25) is 0 Å². The van der Waals surface area contributed by atoms with Crippen LogP contribution in [0.5, 0.6) is 11.5 Å². The molecule has 11 heteroatoms. The van der Waals surface area contributed by atoms with Crippen molar-refractivity contribution in [2.24, 2.45) is 0 Å². The lowest BCUT2D eigenvalue weighted by molar-refractivity contribution is 0.0525. The molecule has 1 amide bonds. The maximum Gasteiger partial charge on any atom is 0.407 e. The number of nitrogens with one attached hydrogen (secondary N) is 1. The first kappa shape index (κ1) is 29.9. The van der Waals surface area contributed by atoms with Gasteiger partial charge in [-0.05, 0) is 70.0 Å². The number of benzene rings is 2. The van der Waals surface area contributed by atoms with Gasteiger partial charge in [-0.1, -0.05) is 29.8 Å². The van der Waals surface area contributed by atoms with Crippen LogP contribution in [0.25, 0.3) is 23.2 Å². The Balaban J connectivity index is 1.49. The Labute approximate surface area is 254 Å². The SMILES string of the molecule is CC(C)(C)OC(=O)NC[C@H]1CCCN1c1c(/C=C(\F)c2cncc(-c3ccnnc3)n2)ccc(Oc2ccccc2)c1Cl. The Morgan fingerprint density at radius 1 is 1.12 bits per heavy atom. The van der Waals surface area contributed by atoms with E-state index in [1.54, 1.807) is 18.2 Å². The predicted molar refractivity (Wildman–Crippen MR) is 165 cm³/mol. The molecule has 1 saturated heterocycles. The third kappa shape index (κ3) is 7.64. The predicted octanol–water partition coefficient (Wildman–Crippen LogP) is 7.34. The maximum atomic E-state index is 15.8. The third-order valence-corrected chi connectivity index (χ3v) is 7.03. The molecule has 0 radical (unpaired) electrons. The average Bonchev–Trinajstić information content (AvgIpc) is 3.46. The van der Waals surface area contributed by atoms with Crippen molar-refractivity contribution in [1.29, 1.82) is 0 Å². The van der Waals surface area contributed by atoms with Crippen LogP contribution in [0.4, 0.5) is 14.9 Å². The minimum absolute atomic E-state index is 0.0607. The number of anilines is 1. The lowest BCUT2D eigenvalue weighted by Crippen LogP contribution is -2.42. The van der Waals surface area contributed by atoms with Gasteiger partial charge < -0.3 is 19.7 Å². The van der Waals surface area contributed by atoms with E-state index in [0.29, 0.717) is 52.1 Å². The van der Waals surface area contributed by atoms with Gasteiger partial charge >= 0.3 is 6.09 Å². The van der Waals surface area contributed by atoms with E-state index >= 15 is 4.39 Å². The molecule has 0 spiro atoms. The Morgan fingerprint density at radius 2 is 1.93 bits per heavy atom. The molecule has 5 rings (SSSR count). The van der Waals surface area contributed by atoms with Gasteiger partial charge in [-0.3, -0.25) is 4.98 Å². The number of aromatic nitrogens is 4. The van der Waals surface area contributed by atoms with Crippen molar-refractivity contribution in [2.75, 3.05) is 18.0 Å². The van der Waals surface area contributed by atoms with E-state index in [0.717, 1.165) is 12.8 Å². The first-order chi connectivity index (χ1) is 20.7. The quantitative estimate of drug-likeness (QED) is 0.223. The van der Waals surface area contributed by atoms with E-state index in [1.165, 1.54) is 30.9 Å². The molecule has 4 aromatic rings. The number of amides is 1. The van der Waals surface area contributed by atoms with E-state index in [9.17, 15) is 4.79 Å². The summed E-state index contributed by atoms with van der Waals surface area (Å²) in [5, 5.41) is 10.8. The van der Waals surface area contributed by atoms with Gasteiger partial charge in [0.15, 0.2) is 5.83 Å². The third-order valence-electron chi connectivity index (χ3n) is 6.67. The number of hydrogen-bond donors (Lipinski definition) is 1. The smallest absolute Gasteiger partial charge is 0.407 e. The number of halogens is 2. The number of rotatable bonds is 8. The normalized spacial score (nSPS) is 15.3. The lowest BCUT2D eigenvalue weighted by atomic mass is 10.1. The molecule has 0 bridgehead atoms. The molecule has 0 unspecified atom stereocenters. The number of alkyl carbamates (subject to hydrolysis) is 1. The highest BCUT2D eigenvalue weighted by molar-refractivity contribution is 6.35. The monoisotopic (exact) mass is 602 g/mol. The molecule has 2 aromatic carbocycles. The maximum absolute atomic E-state index is 15.8. The van der Waals surface area contributed by atoms with Gasteiger partial charge in [-0.15, -0.1) is 0 Å². The van der Waals surface area contributed by atoms with Crippen LogP contribution in [0.1, 0.15) is 44.9 Å². The Hall–Kier alpha value is -4.57. The minimum Gasteiger partial charge on any atom is -0.456 e. The van der Waals surface area contributed by atoms with Crippen molar-refractivity contribution in [3.05, 3.63) is 89.6 Å². The van der Waals surface area contributed by atoms with Crippen LogP contribution in [0.2, 0.25) is 5.02 Å². The van der Waals surface area contributed by atoms with Crippen molar-refractivity contribution in [2.45, 2.75) is 45.3 Å². The highest BCUT2D eigenvalue weighted by atomic mass is 35.5. The largest absolute Gasteiger partial charge is 0.456 e. The highest BCUT2D eigenvalue weighted by Crippen LogP contribution is 2.43. The summed E-state index contributed by atoms with van der Waals surface area (Å²) in [6, 6.07) is 14.4. The summed E-state index contributed by atoms with van der Waals surface area (Å²) in [6.45, 7) is 6.42. The summed E-state index contributed by atoms with van der Waals surface area (Å²) >= 11 is 7.02. The van der Waals surface area contributed by atoms with Gasteiger partial charge in [0.25, 0.3) is 0 Å². The first-order valence-electron chi connectivity index (χ1n) is 13.9. The molecular weight excluding hydrogens is 571 g/mol. The number of para-hydroxylation sites is 1. The van der Waals surface area contributed by atoms with Crippen LogP contribution in [0.3, 0.4) is 0 Å². The van der Waals surface area contributed by atoms with Gasteiger partial charge in [0, 0.05) is 30.3 Å². The Morgan fingerprint density at radius 3 is 2.67 bits per heavy atom. The van der Waals surface area contributed by atoms with Crippen molar-refractivity contribution >= 4 is 35.3 Å². The molecule has 1 atom stereocenters. The zero-order valence-corrected chi connectivity index (χ0v) is 24.9. The van der Waals surface area contributed by atoms with Crippen LogP contribution >= 0.6 is 11.6 Å². The molecule has 3 heterocycles. The highest BCUT2D eigenvalue weighted by Gasteiger charge is 2.30. The van der Waals surface area contributed by atoms with Crippen LogP contribution in [0, 0.1) is 0 Å². The minimum atomic E-state index is -0.616. The molecule has 0 aliphatic carbocycles. The summed E-state index contributed by atoms with van der Waals surface area (Å²) in [4.78, 5) is 23.1. The molecule has 0 saturated carbocycles. The number of ether oxygens (including phenoxy) is 2. The lowest BCUT2D eigenvalue weighted by Gasteiger charge is -2.30. The Kier molecular flexibility index (Phi) is 9.16. The number of hydrogen-bond acceptors (Lipinski definition) is 8. The van der Waals surface area contributed by atoms with E-state index in [4.69, 9.17) is 21.1 Å². The summed E-state index contributed by atoms with van der Waals surface area (Å²) in [5.74, 6) is 0.457. The van der Waals surface area contributed by atoms with Crippen molar-refractivity contribution in [3.63, 3.8) is 0 Å². The second kappa shape index (κ2) is 13.2. The number of carbonyl (C=O) groups is 1. The molecule has 1 N–H and O–H groups in total. The number of nitrogens with zero attached hydrogens (tertiary/aromatic N) is 5. The first-order valence-corrected chi connectivity index (χ1v) is 14.3. The molecule has 43 heavy (non-hydrogen) atoms. The summed E-state index contributed by atoms with van der Waals surface area (Å²) in [6.07, 6.45) is 8.53. The van der Waals surface area contributed by atoms with E-state index in [-0.39, 0.29) is 11.7 Å². The fourth-order valence-electron chi connectivity index (χ4n) is 4.79. The second-order valence-electron chi connectivity index (χ2n) is 11.0. The van der Waals surface area contributed by atoms with E-state index in [2.05, 4.69) is 30.4 Å². The topological polar surface area (TPSA) is 102 Å². The zero-order valence-electron chi connectivity index (χ0n) is 24.1. The van der Waals surface area contributed by atoms with E-state index < -0.39 is 17.5 Å². The van der Waals surface area contributed by atoms with E-state index in [1.807, 2.05) is 51.1 Å². The van der Waals surface area contributed by atoms with Gasteiger partial charge in [0.1, 0.15) is 27.8 Å². The molecule has 1 aliphatic heterocycles. The van der Waals surface area contributed by atoms with Crippen molar-refractivity contribution < 1.29 is 18.7 Å². The fourth-order valence-corrected chi connectivity index (χ4v) is 5.11. The number of carbonyl (C=O) groups excluding carboxylic acids is 1. The summed E-state index contributed by atoms with van der Waals surface area (Å²) in [7, 11) is 0. The molecule has 1 fully saturated rings. The molecule has 2 aromatic heterocycles. The summed E-state index contributed by atoms with van der Waals surface area (Å²) < 4.78 is 27.4. The molecule has 9 nitrogen and oxygen atoms in total. The van der Waals surface area contributed by atoms with Crippen LogP contribution in [-0.4, -0.2) is 51.0 Å². The second-order valence-corrected chi connectivity index (χ2v) is 11.4. The van der Waals surface area contributed by atoms with Gasteiger partial charge in [0.05, 0.1) is 36.2 Å². The van der Waals surface area contributed by atoms with Crippen molar-refractivity contribution in [3.8, 4) is 22.8 Å². The fraction of sp³-hybridized carbons (Fsp3) is 0.281. The molecule has 1 aliphatic rings. The van der Waals surface area contributed by atoms with Crippen molar-refractivity contribution in [1.82, 2.24) is 25.5 Å².